The van der Waals surface area contributed by atoms with Crippen molar-refractivity contribution < 1.29 is 0 Å². The third kappa shape index (κ3) is 5.43. The molecule has 0 spiro atoms. The van der Waals surface area contributed by atoms with Crippen LogP contribution in [0.4, 0.5) is 0 Å². The van der Waals surface area contributed by atoms with Crippen LogP contribution in [0.25, 0.3) is 0 Å². The van der Waals surface area contributed by atoms with E-state index in [-0.39, 0.29) is 0 Å². The minimum Gasteiger partial charge on any atom is -0.314 e. The molecular weight excluding hydrogens is 232 g/mol. The summed E-state index contributed by atoms with van der Waals surface area (Å²) >= 11 is 0. The van der Waals surface area contributed by atoms with Crippen LogP contribution in [-0.4, -0.2) is 36.6 Å². The second-order valence-corrected chi connectivity index (χ2v) is 6.49. The van der Waals surface area contributed by atoms with Crippen molar-refractivity contribution in [2.75, 3.05) is 20.1 Å². The van der Waals surface area contributed by atoms with Crippen molar-refractivity contribution in [1.29, 1.82) is 0 Å². The van der Waals surface area contributed by atoms with Crippen molar-refractivity contribution in [3.05, 3.63) is 0 Å². The fraction of sp³-hybridized carbons (Fsp3) is 1.00. The molecule has 1 atom stereocenters. The van der Waals surface area contributed by atoms with Crippen molar-refractivity contribution in [1.82, 2.24) is 10.2 Å². The van der Waals surface area contributed by atoms with Gasteiger partial charge < -0.3 is 10.2 Å². The Labute approximate surface area is 121 Å². The fourth-order valence-electron chi connectivity index (χ4n) is 3.38. The SMILES string of the molecule is CCCCN(CCC1(NC)CCCCC1)C(C)CC. The molecule has 2 nitrogen and oxygen atoms in total. The monoisotopic (exact) mass is 268 g/mol. The third-order valence-electron chi connectivity index (χ3n) is 5.23. The predicted molar refractivity (Wildman–Crippen MR) is 85.7 cm³/mol. The Kier molecular flexibility index (Phi) is 8.01. The van der Waals surface area contributed by atoms with Gasteiger partial charge in [-0.1, -0.05) is 39.5 Å². The first-order valence-electron chi connectivity index (χ1n) is 8.60. The number of hydrogen-bond acceptors (Lipinski definition) is 2. The molecule has 2 heteroatoms. The highest BCUT2D eigenvalue weighted by molar-refractivity contribution is 4.90. The molecule has 0 amide bonds. The molecule has 1 N–H and O–H groups in total. The molecule has 1 saturated carbocycles. The third-order valence-corrected chi connectivity index (χ3v) is 5.23. The van der Waals surface area contributed by atoms with Crippen molar-refractivity contribution in [2.45, 2.75) is 90.1 Å². The molecular formula is C17H36N2. The van der Waals surface area contributed by atoms with E-state index in [2.05, 4.69) is 38.0 Å². The summed E-state index contributed by atoms with van der Waals surface area (Å²) in [6.45, 7) is 9.56. The first kappa shape index (κ1) is 17.0. The normalized spacial score (nSPS) is 20.7. The smallest absolute Gasteiger partial charge is 0.0190 e. The number of unbranched alkanes of at least 4 members (excludes halogenated alkanes) is 1. The molecule has 1 rings (SSSR count). The van der Waals surface area contributed by atoms with E-state index in [1.54, 1.807) is 0 Å². The second-order valence-electron chi connectivity index (χ2n) is 6.49. The summed E-state index contributed by atoms with van der Waals surface area (Å²) in [6, 6.07) is 0.740. The zero-order chi connectivity index (χ0) is 14.1. The van der Waals surface area contributed by atoms with E-state index in [1.165, 1.54) is 70.9 Å². The van der Waals surface area contributed by atoms with E-state index < -0.39 is 0 Å². The minimum atomic E-state index is 0.441. The lowest BCUT2D eigenvalue weighted by Gasteiger charge is -2.40. The van der Waals surface area contributed by atoms with Gasteiger partial charge in [-0.2, -0.15) is 0 Å². The van der Waals surface area contributed by atoms with Crippen LogP contribution in [0.5, 0.6) is 0 Å². The Morgan fingerprint density at radius 1 is 1.11 bits per heavy atom. The summed E-state index contributed by atoms with van der Waals surface area (Å²) in [4.78, 5) is 2.72. The summed E-state index contributed by atoms with van der Waals surface area (Å²) in [7, 11) is 2.17. The highest BCUT2D eigenvalue weighted by atomic mass is 15.1. The van der Waals surface area contributed by atoms with E-state index in [0.29, 0.717) is 5.54 Å². The van der Waals surface area contributed by atoms with Gasteiger partial charge in [0.1, 0.15) is 0 Å². The van der Waals surface area contributed by atoms with E-state index >= 15 is 0 Å². The number of rotatable bonds is 9. The largest absolute Gasteiger partial charge is 0.314 e. The zero-order valence-electron chi connectivity index (χ0n) is 13.8. The van der Waals surface area contributed by atoms with Gasteiger partial charge in [-0.25, -0.2) is 0 Å². The van der Waals surface area contributed by atoms with Crippen LogP contribution in [0.2, 0.25) is 0 Å². The molecule has 0 aliphatic heterocycles. The fourth-order valence-corrected chi connectivity index (χ4v) is 3.38. The summed E-state index contributed by atoms with van der Waals surface area (Å²) in [5, 5.41) is 3.66. The molecule has 19 heavy (non-hydrogen) atoms. The maximum absolute atomic E-state index is 3.66. The summed E-state index contributed by atoms with van der Waals surface area (Å²) in [6.07, 6.45) is 12.3. The average Bonchev–Trinajstić information content (AvgIpc) is 2.47. The van der Waals surface area contributed by atoms with Gasteiger partial charge in [0.2, 0.25) is 0 Å². The maximum Gasteiger partial charge on any atom is 0.0190 e. The van der Waals surface area contributed by atoms with E-state index in [9.17, 15) is 0 Å². The van der Waals surface area contributed by atoms with Crippen molar-refractivity contribution in [3.8, 4) is 0 Å². The van der Waals surface area contributed by atoms with Crippen LogP contribution in [0, 0.1) is 0 Å². The minimum absolute atomic E-state index is 0.441. The average molecular weight is 268 g/mol. The lowest BCUT2D eigenvalue weighted by Crippen LogP contribution is -2.48. The molecule has 0 aromatic heterocycles. The predicted octanol–water partition coefficient (Wildman–Crippen LogP) is 4.20. The van der Waals surface area contributed by atoms with Crippen LogP contribution in [0.1, 0.15) is 78.6 Å². The van der Waals surface area contributed by atoms with Gasteiger partial charge in [0.25, 0.3) is 0 Å². The molecule has 0 heterocycles. The number of nitrogens with one attached hydrogen (secondary N) is 1. The highest BCUT2D eigenvalue weighted by Gasteiger charge is 2.30. The quantitative estimate of drug-likeness (QED) is 0.674. The Balaban J connectivity index is 2.48. The summed E-state index contributed by atoms with van der Waals surface area (Å²) in [5.74, 6) is 0. The molecule has 1 aliphatic carbocycles. The first-order chi connectivity index (χ1) is 9.17. The van der Waals surface area contributed by atoms with Gasteiger partial charge in [-0.3, -0.25) is 0 Å². The topological polar surface area (TPSA) is 15.3 Å². The molecule has 0 aromatic rings. The molecule has 1 fully saturated rings. The van der Waals surface area contributed by atoms with E-state index in [1.807, 2.05) is 0 Å². The van der Waals surface area contributed by atoms with Gasteiger partial charge in [0, 0.05) is 18.1 Å². The molecule has 0 radical (unpaired) electrons. The first-order valence-corrected chi connectivity index (χ1v) is 8.60. The van der Waals surface area contributed by atoms with Crippen molar-refractivity contribution in [2.24, 2.45) is 0 Å². The van der Waals surface area contributed by atoms with Crippen molar-refractivity contribution >= 4 is 0 Å². The van der Waals surface area contributed by atoms with Crippen LogP contribution in [0.3, 0.4) is 0 Å². The van der Waals surface area contributed by atoms with Crippen LogP contribution >= 0.6 is 0 Å². The standard InChI is InChI=1S/C17H36N2/c1-5-7-14-19(16(3)6-2)15-13-17(18-4)11-9-8-10-12-17/h16,18H,5-15H2,1-4H3. The molecule has 1 unspecified atom stereocenters. The highest BCUT2D eigenvalue weighted by Crippen LogP contribution is 2.31. The Morgan fingerprint density at radius 2 is 1.79 bits per heavy atom. The molecule has 0 aromatic carbocycles. The lowest BCUT2D eigenvalue weighted by molar-refractivity contribution is 0.150. The zero-order valence-corrected chi connectivity index (χ0v) is 13.8. The van der Waals surface area contributed by atoms with Crippen LogP contribution < -0.4 is 5.32 Å². The van der Waals surface area contributed by atoms with Gasteiger partial charge >= 0.3 is 0 Å². The summed E-state index contributed by atoms with van der Waals surface area (Å²) in [5.41, 5.74) is 0.441. The lowest BCUT2D eigenvalue weighted by atomic mass is 9.79. The maximum atomic E-state index is 3.66. The summed E-state index contributed by atoms with van der Waals surface area (Å²) < 4.78 is 0. The number of nitrogens with zero attached hydrogens (tertiary/aromatic N) is 1. The Bertz CT molecular complexity index is 221. The van der Waals surface area contributed by atoms with Gasteiger partial charge in [-0.05, 0) is 52.6 Å². The van der Waals surface area contributed by atoms with Crippen LogP contribution in [-0.2, 0) is 0 Å². The number of hydrogen-bond donors (Lipinski definition) is 1. The molecule has 0 saturated heterocycles. The van der Waals surface area contributed by atoms with E-state index in [0.717, 1.165) is 6.04 Å². The molecule has 1 aliphatic rings. The molecule has 0 bridgehead atoms. The Morgan fingerprint density at radius 3 is 2.32 bits per heavy atom. The van der Waals surface area contributed by atoms with E-state index in [4.69, 9.17) is 0 Å². The van der Waals surface area contributed by atoms with Gasteiger partial charge in [-0.15, -0.1) is 0 Å². The van der Waals surface area contributed by atoms with Crippen LogP contribution in [0.15, 0.2) is 0 Å². The van der Waals surface area contributed by atoms with Gasteiger partial charge in [0.05, 0.1) is 0 Å². The Hall–Kier alpha value is -0.0800. The van der Waals surface area contributed by atoms with Gasteiger partial charge in [0.15, 0.2) is 0 Å². The second kappa shape index (κ2) is 8.97. The molecule has 114 valence electrons. The van der Waals surface area contributed by atoms with Crippen molar-refractivity contribution in [3.63, 3.8) is 0 Å².